The molecule has 30 heavy (non-hydrogen) atoms. The average molecular weight is 412 g/mol. The smallest absolute Gasteiger partial charge is 0.407 e. The minimum Gasteiger partial charge on any atom is -0.465 e. The Labute approximate surface area is 175 Å². The average Bonchev–Trinajstić information content (AvgIpc) is 3.33. The number of hydrogen-bond donors (Lipinski definition) is 1. The minimum absolute atomic E-state index is 0.0343. The van der Waals surface area contributed by atoms with Gasteiger partial charge >= 0.3 is 6.09 Å². The zero-order valence-corrected chi connectivity index (χ0v) is 18.2. The van der Waals surface area contributed by atoms with Crippen LogP contribution in [0, 0.1) is 5.41 Å². The second kappa shape index (κ2) is 7.41. The molecule has 0 bridgehead atoms. The summed E-state index contributed by atoms with van der Waals surface area (Å²) in [5.41, 5.74) is 1.65. The first-order valence-corrected chi connectivity index (χ1v) is 10.5. The van der Waals surface area contributed by atoms with E-state index in [2.05, 4.69) is 50.8 Å². The molecule has 1 N–H and O–H groups in total. The molecule has 3 aromatic heterocycles. The molecule has 0 aliphatic carbocycles. The molecule has 0 saturated carbocycles. The summed E-state index contributed by atoms with van der Waals surface area (Å²) in [5.74, 6) is 1.38. The maximum Gasteiger partial charge on any atom is 0.407 e. The fourth-order valence-corrected chi connectivity index (χ4v) is 4.24. The summed E-state index contributed by atoms with van der Waals surface area (Å²) >= 11 is 0. The number of piperidine rings is 1. The van der Waals surface area contributed by atoms with Crippen LogP contribution in [0.25, 0.3) is 17.0 Å². The highest BCUT2D eigenvalue weighted by Gasteiger charge is 2.40. The van der Waals surface area contributed by atoms with Gasteiger partial charge in [0.1, 0.15) is 5.65 Å². The van der Waals surface area contributed by atoms with Crippen molar-refractivity contribution < 1.29 is 14.4 Å². The van der Waals surface area contributed by atoms with Crippen molar-refractivity contribution in [1.29, 1.82) is 0 Å². The first kappa shape index (κ1) is 20.4. The van der Waals surface area contributed by atoms with Crippen LogP contribution in [0.2, 0.25) is 0 Å². The molecule has 1 fully saturated rings. The normalized spacial score (nSPS) is 20.3. The van der Waals surface area contributed by atoms with E-state index in [9.17, 15) is 9.90 Å². The standard InChI is InChI=1S/C22H29N5O3/c1-13(2)16-7-6-14-8-11-27(18(14)23-16)20-24-19(30-25-20)15-9-10-26(21(28)29)17(12-15)22(3,4)5/h6-8,11,13,15,17H,9-10,12H2,1-5H3,(H,28,29). The van der Waals surface area contributed by atoms with E-state index in [1.165, 1.54) is 0 Å². The van der Waals surface area contributed by atoms with Crippen molar-refractivity contribution in [3.05, 3.63) is 36.0 Å². The molecule has 1 aliphatic rings. The molecule has 2 atom stereocenters. The summed E-state index contributed by atoms with van der Waals surface area (Å²) in [6.45, 7) is 10.9. The molecular formula is C22H29N5O3. The van der Waals surface area contributed by atoms with Crippen molar-refractivity contribution in [3.8, 4) is 5.95 Å². The summed E-state index contributed by atoms with van der Waals surface area (Å²) < 4.78 is 7.48. The third-order valence-corrected chi connectivity index (χ3v) is 5.99. The molecule has 8 nitrogen and oxygen atoms in total. The number of hydrogen-bond acceptors (Lipinski definition) is 5. The minimum atomic E-state index is -0.870. The zero-order valence-electron chi connectivity index (χ0n) is 18.2. The van der Waals surface area contributed by atoms with Gasteiger partial charge in [0, 0.05) is 35.8 Å². The van der Waals surface area contributed by atoms with Gasteiger partial charge in [-0.1, -0.05) is 34.6 Å². The summed E-state index contributed by atoms with van der Waals surface area (Å²) in [6, 6.07) is 5.99. The van der Waals surface area contributed by atoms with E-state index in [4.69, 9.17) is 9.51 Å². The number of pyridine rings is 1. The largest absolute Gasteiger partial charge is 0.465 e. The van der Waals surface area contributed by atoms with Crippen LogP contribution < -0.4 is 0 Å². The van der Waals surface area contributed by atoms with Gasteiger partial charge in [0.2, 0.25) is 5.89 Å². The summed E-state index contributed by atoms with van der Waals surface area (Å²) in [7, 11) is 0. The van der Waals surface area contributed by atoms with Crippen LogP contribution >= 0.6 is 0 Å². The number of rotatable bonds is 3. The molecule has 160 valence electrons. The number of fused-ring (bicyclic) bond motifs is 1. The zero-order chi connectivity index (χ0) is 21.6. The van der Waals surface area contributed by atoms with Crippen LogP contribution in [0.5, 0.6) is 0 Å². The lowest BCUT2D eigenvalue weighted by Crippen LogP contribution is -2.51. The Morgan fingerprint density at radius 3 is 2.67 bits per heavy atom. The molecule has 0 spiro atoms. The Morgan fingerprint density at radius 1 is 1.23 bits per heavy atom. The van der Waals surface area contributed by atoms with E-state index < -0.39 is 6.09 Å². The molecule has 2 unspecified atom stereocenters. The van der Waals surface area contributed by atoms with Crippen LogP contribution in [0.15, 0.2) is 28.9 Å². The van der Waals surface area contributed by atoms with Crippen LogP contribution in [-0.2, 0) is 0 Å². The fourth-order valence-electron chi connectivity index (χ4n) is 4.24. The molecule has 4 heterocycles. The van der Waals surface area contributed by atoms with Gasteiger partial charge in [0.15, 0.2) is 0 Å². The van der Waals surface area contributed by atoms with Gasteiger partial charge < -0.3 is 14.5 Å². The molecule has 0 radical (unpaired) electrons. The Balaban J connectivity index is 1.63. The molecule has 3 aromatic rings. The van der Waals surface area contributed by atoms with Crippen LogP contribution in [0.4, 0.5) is 4.79 Å². The predicted molar refractivity (Wildman–Crippen MR) is 113 cm³/mol. The fraction of sp³-hybridized carbons (Fsp3) is 0.545. The second-order valence-electron chi connectivity index (χ2n) is 9.50. The lowest BCUT2D eigenvalue weighted by atomic mass is 9.77. The second-order valence-corrected chi connectivity index (χ2v) is 9.50. The molecule has 1 saturated heterocycles. The number of likely N-dealkylation sites (tertiary alicyclic amines) is 1. The summed E-state index contributed by atoms with van der Waals surface area (Å²) in [4.78, 5) is 22.7. The monoisotopic (exact) mass is 411 g/mol. The van der Waals surface area contributed by atoms with E-state index in [1.807, 2.05) is 22.9 Å². The Kier molecular flexibility index (Phi) is 5.03. The Morgan fingerprint density at radius 2 is 2.00 bits per heavy atom. The molecular weight excluding hydrogens is 382 g/mol. The Bertz CT molecular complexity index is 1060. The van der Waals surface area contributed by atoms with Crippen molar-refractivity contribution in [3.63, 3.8) is 0 Å². The topological polar surface area (TPSA) is 97.3 Å². The molecule has 0 aromatic carbocycles. The lowest BCUT2D eigenvalue weighted by Gasteiger charge is -2.43. The van der Waals surface area contributed by atoms with Crippen molar-refractivity contribution in [2.75, 3.05) is 6.54 Å². The SMILES string of the molecule is CC(C)c1ccc2ccn(-c3noc(C4CCN(C(=O)O)C(C(C)(C)C)C4)n3)c2n1. The Hall–Kier alpha value is -2.90. The van der Waals surface area contributed by atoms with Gasteiger partial charge in [-0.25, -0.2) is 9.78 Å². The van der Waals surface area contributed by atoms with Crippen LogP contribution in [-0.4, -0.2) is 48.4 Å². The van der Waals surface area contributed by atoms with Gasteiger partial charge in [-0.3, -0.25) is 4.57 Å². The molecule has 8 heteroatoms. The lowest BCUT2D eigenvalue weighted by molar-refractivity contribution is 0.0483. The molecule has 1 aliphatic heterocycles. The third-order valence-electron chi connectivity index (χ3n) is 5.99. The third kappa shape index (κ3) is 3.66. The van der Waals surface area contributed by atoms with E-state index in [0.29, 0.717) is 37.1 Å². The highest BCUT2D eigenvalue weighted by Crippen LogP contribution is 2.38. The highest BCUT2D eigenvalue weighted by atomic mass is 16.5. The quantitative estimate of drug-likeness (QED) is 0.665. The number of amides is 1. The van der Waals surface area contributed by atoms with Gasteiger partial charge in [-0.15, -0.1) is 0 Å². The molecule has 4 rings (SSSR count). The van der Waals surface area contributed by atoms with Gasteiger partial charge in [0.05, 0.1) is 0 Å². The first-order chi connectivity index (χ1) is 14.1. The number of aromatic nitrogens is 4. The van der Waals surface area contributed by atoms with E-state index in [1.54, 1.807) is 4.90 Å². The van der Waals surface area contributed by atoms with Crippen LogP contribution in [0.1, 0.15) is 70.9 Å². The maximum absolute atomic E-state index is 11.7. The van der Waals surface area contributed by atoms with E-state index in [0.717, 1.165) is 16.7 Å². The van der Waals surface area contributed by atoms with E-state index >= 15 is 0 Å². The number of carbonyl (C=O) groups is 1. The van der Waals surface area contributed by atoms with Gasteiger partial charge in [0.25, 0.3) is 5.95 Å². The maximum atomic E-state index is 11.7. The summed E-state index contributed by atoms with van der Waals surface area (Å²) in [6.07, 6.45) is 2.37. The van der Waals surface area contributed by atoms with Crippen LogP contribution in [0.3, 0.4) is 0 Å². The number of carboxylic acid groups (broad SMARTS) is 1. The van der Waals surface area contributed by atoms with Crippen molar-refractivity contribution in [2.24, 2.45) is 5.41 Å². The van der Waals surface area contributed by atoms with Gasteiger partial charge in [-0.2, -0.15) is 4.98 Å². The van der Waals surface area contributed by atoms with Gasteiger partial charge in [-0.05, 0) is 47.5 Å². The highest BCUT2D eigenvalue weighted by molar-refractivity contribution is 5.77. The van der Waals surface area contributed by atoms with Crippen molar-refractivity contribution in [2.45, 2.75) is 65.3 Å². The molecule has 1 amide bonds. The van der Waals surface area contributed by atoms with Crippen molar-refractivity contribution >= 4 is 17.1 Å². The first-order valence-electron chi connectivity index (χ1n) is 10.5. The number of nitrogens with zero attached hydrogens (tertiary/aromatic N) is 5. The van der Waals surface area contributed by atoms with Crippen molar-refractivity contribution in [1.82, 2.24) is 24.6 Å². The van der Waals surface area contributed by atoms with E-state index in [-0.39, 0.29) is 17.4 Å². The predicted octanol–water partition coefficient (Wildman–Crippen LogP) is 4.80. The summed E-state index contributed by atoms with van der Waals surface area (Å²) in [5, 5.41) is 14.8.